The van der Waals surface area contributed by atoms with Crippen LogP contribution in [-0.2, 0) is 0 Å². The minimum absolute atomic E-state index is 0.506. The van der Waals surface area contributed by atoms with Crippen LogP contribution in [0.2, 0.25) is 0 Å². The zero-order chi connectivity index (χ0) is 10.7. The number of aldehydes is 1. The number of piperazine rings is 1. The van der Waals surface area contributed by atoms with E-state index in [9.17, 15) is 4.79 Å². The third-order valence-corrected chi connectivity index (χ3v) is 2.75. The molecule has 2 heterocycles. The number of nitrogens with zero attached hydrogens (tertiary/aromatic N) is 3. The summed E-state index contributed by atoms with van der Waals surface area (Å²) in [6.07, 6.45) is 2.48. The highest BCUT2D eigenvalue weighted by atomic mass is 16.1. The topological polar surface area (TPSA) is 36.4 Å². The minimum atomic E-state index is 0.506. The Hall–Kier alpha value is -1.42. The average molecular weight is 205 g/mol. The Labute approximate surface area is 89.5 Å². The Morgan fingerprint density at radius 2 is 2.07 bits per heavy atom. The zero-order valence-electron chi connectivity index (χ0n) is 8.89. The summed E-state index contributed by atoms with van der Waals surface area (Å²) in [5.41, 5.74) is 1.60. The highest BCUT2D eigenvalue weighted by Gasteiger charge is 2.14. The Morgan fingerprint density at radius 3 is 2.73 bits per heavy atom. The van der Waals surface area contributed by atoms with Crippen molar-refractivity contribution in [2.24, 2.45) is 0 Å². The minimum Gasteiger partial charge on any atom is -0.369 e. The van der Waals surface area contributed by atoms with Gasteiger partial charge in [0.25, 0.3) is 0 Å². The normalized spacial score (nSPS) is 17.8. The van der Waals surface area contributed by atoms with Crippen molar-refractivity contribution in [3.63, 3.8) is 0 Å². The lowest BCUT2D eigenvalue weighted by molar-refractivity contribution is 0.111. The third kappa shape index (κ3) is 2.33. The molecular formula is C11H15N3O. The van der Waals surface area contributed by atoms with Gasteiger partial charge in [0.1, 0.15) is 5.69 Å². The predicted molar refractivity (Wildman–Crippen MR) is 59.3 cm³/mol. The van der Waals surface area contributed by atoms with Gasteiger partial charge in [-0.1, -0.05) is 0 Å². The summed E-state index contributed by atoms with van der Waals surface area (Å²) in [5, 5.41) is 0. The molecule has 0 spiro atoms. The van der Waals surface area contributed by atoms with Gasteiger partial charge in [-0.15, -0.1) is 0 Å². The molecule has 0 atom stereocenters. The maximum Gasteiger partial charge on any atom is 0.168 e. The summed E-state index contributed by atoms with van der Waals surface area (Å²) in [7, 11) is 2.13. The van der Waals surface area contributed by atoms with E-state index in [1.165, 1.54) is 0 Å². The quantitative estimate of drug-likeness (QED) is 0.664. The number of likely N-dealkylation sites (N-methyl/N-ethyl adjacent to an activating group) is 1. The molecule has 4 nitrogen and oxygen atoms in total. The predicted octanol–water partition coefficient (Wildman–Crippen LogP) is 0.646. The number of pyridine rings is 1. The van der Waals surface area contributed by atoms with E-state index < -0.39 is 0 Å². The van der Waals surface area contributed by atoms with Crippen molar-refractivity contribution in [2.75, 3.05) is 38.1 Å². The highest BCUT2D eigenvalue weighted by molar-refractivity contribution is 5.74. The molecule has 4 heteroatoms. The van der Waals surface area contributed by atoms with E-state index in [1.807, 2.05) is 12.1 Å². The van der Waals surface area contributed by atoms with Crippen molar-refractivity contribution < 1.29 is 4.79 Å². The van der Waals surface area contributed by atoms with E-state index >= 15 is 0 Å². The lowest BCUT2D eigenvalue weighted by Gasteiger charge is -2.34. The van der Waals surface area contributed by atoms with Crippen molar-refractivity contribution in [2.45, 2.75) is 0 Å². The number of rotatable bonds is 2. The smallest absolute Gasteiger partial charge is 0.168 e. The maximum atomic E-state index is 10.6. The fourth-order valence-corrected chi connectivity index (χ4v) is 1.76. The van der Waals surface area contributed by atoms with Gasteiger partial charge in [0.2, 0.25) is 0 Å². The van der Waals surface area contributed by atoms with Crippen LogP contribution in [0.5, 0.6) is 0 Å². The molecule has 0 bridgehead atoms. The van der Waals surface area contributed by atoms with Gasteiger partial charge in [0.15, 0.2) is 6.29 Å². The number of hydrogen-bond donors (Lipinski definition) is 0. The van der Waals surface area contributed by atoms with Crippen LogP contribution >= 0.6 is 0 Å². The van der Waals surface area contributed by atoms with Crippen molar-refractivity contribution in [3.8, 4) is 0 Å². The zero-order valence-corrected chi connectivity index (χ0v) is 8.89. The monoisotopic (exact) mass is 205 g/mol. The number of anilines is 1. The van der Waals surface area contributed by atoms with Crippen molar-refractivity contribution >= 4 is 12.0 Å². The molecule has 1 aliphatic heterocycles. The van der Waals surface area contributed by atoms with Gasteiger partial charge in [-0.2, -0.15) is 0 Å². The van der Waals surface area contributed by atoms with Gasteiger partial charge < -0.3 is 9.80 Å². The van der Waals surface area contributed by atoms with Crippen molar-refractivity contribution in [3.05, 3.63) is 24.0 Å². The second kappa shape index (κ2) is 4.40. The van der Waals surface area contributed by atoms with Crippen LogP contribution in [0.25, 0.3) is 0 Å². The summed E-state index contributed by atoms with van der Waals surface area (Å²) in [6.45, 7) is 4.16. The Kier molecular flexibility index (Phi) is 2.97. The number of carbonyl (C=O) groups is 1. The largest absolute Gasteiger partial charge is 0.369 e. The first-order chi connectivity index (χ1) is 7.29. The number of carbonyl (C=O) groups excluding carboxylic acids is 1. The lowest BCUT2D eigenvalue weighted by atomic mass is 10.2. The fraction of sp³-hybridized carbons (Fsp3) is 0.455. The van der Waals surface area contributed by atoms with E-state index in [-0.39, 0.29) is 0 Å². The molecule has 1 saturated heterocycles. The second-order valence-electron chi connectivity index (χ2n) is 3.85. The fourth-order valence-electron chi connectivity index (χ4n) is 1.76. The van der Waals surface area contributed by atoms with Crippen LogP contribution in [0.4, 0.5) is 5.69 Å². The van der Waals surface area contributed by atoms with Crippen molar-refractivity contribution in [1.82, 2.24) is 9.88 Å². The first-order valence-corrected chi connectivity index (χ1v) is 5.14. The van der Waals surface area contributed by atoms with E-state index in [4.69, 9.17) is 0 Å². The second-order valence-corrected chi connectivity index (χ2v) is 3.85. The SMILES string of the molecule is CN1CCN(c2ccnc(C=O)c2)CC1. The maximum absolute atomic E-state index is 10.6. The summed E-state index contributed by atoms with van der Waals surface area (Å²) in [4.78, 5) is 19.2. The molecule has 0 N–H and O–H groups in total. The van der Waals surface area contributed by atoms with Gasteiger partial charge in [-0.25, -0.2) is 0 Å². The standard InChI is InChI=1S/C11H15N3O/c1-13-4-6-14(7-5-13)11-2-3-12-10(8-11)9-15/h2-3,8-9H,4-7H2,1H3. The molecule has 0 saturated carbocycles. The summed E-state index contributed by atoms with van der Waals surface area (Å²) >= 11 is 0. The van der Waals surface area contributed by atoms with Gasteiger partial charge >= 0.3 is 0 Å². The Balaban J connectivity index is 2.11. The first-order valence-electron chi connectivity index (χ1n) is 5.14. The molecular weight excluding hydrogens is 190 g/mol. The van der Waals surface area contributed by atoms with Crippen LogP contribution in [0.15, 0.2) is 18.3 Å². The summed E-state index contributed by atoms with van der Waals surface area (Å²) in [6, 6.07) is 3.80. The van der Waals surface area contributed by atoms with Gasteiger partial charge in [-0.05, 0) is 19.2 Å². The molecule has 0 aliphatic carbocycles. The molecule has 80 valence electrons. The molecule has 0 unspecified atom stereocenters. The summed E-state index contributed by atoms with van der Waals surface area (Å²) in [5.74, 6) is 0. The first kappa shape index (κ1) is 10.1. The molecule has 1 aliphatic rings. The van der Waals surface area contributed by atoms with Crippen LogP contribution in [0, 0.1) is 0 Å². The third-order valence-electron chi connectivity index (χ3n) is 2.75. The van der Waals surface area contributed by atoms with E-state index in [2.05, 4.69) is 21.8 Å². The molecule has 0 amide bonds. The molecule has 0 radical (unpaired) electrons. The van der Waals surface area contributed by atoms with Crippen LogP contribution < -0.4 is 4.90 Å². The van der Waals surface area contributed by atoms with E-state index in [0.29, 0.717) is 5.69 Å². The van der Waals surface area contributed by atoms with E-state index in [1.54, 1.807) is 6.20 Å². The van der Waals surface area contributed by atoms with Gasteiger partial charge in [-0.3, -0.25) is 9.78 Å². The Morgan fingerprint density at radius 1 is 1.33 bits per heavy atom. The van der Waals surface area contributed by atoms with Crippen LogP contribution in [0.1, 0.15) is 10.5 Å². The van der Waals surface area contributed by atoms with E-state index in [0.717, 1.165) is 38.2 Å². The number of hydrogen-bond acceptors (Lipinski definition) is 4. The average Bonchev–Trinajstić information content (AvgIpc) is 2.30. The number of aromatic nitrogens is 1. The molecule has 0 aromatic carbocycles. The molecule has 1 aromatic heterocycles. The summed E-state index contributed by atoms with van der Waals surface area (Å²) < 4.78 is 0. The molecule has 1 fully saturated rings. The molecule has 1 aromatic rings. The van der Waals surface area contributed by atoms with Gasteiger partial charge in [0.05, 0.1) is 0 Å². The lowest BCUT2D eigenvalue weighted by Crippen LogP contribution is -2.44. The molecule has 2 rings (SSSR count). The molecule has 15 heavy (non-hydrogen) atoms. The Bertz CT molecular complexity index is 345. The van der Waals surface area contributed by atoms with Gasteiger partial charge in [0, 0.05) is 38.1 Å². The highest BCUT2D eigenvalue weighted by Crippen LogP contribution is 2.15. The van der Waals surface area contributed by atoms with Crippen LogP contribution in [-0.4, -0.2) is 49.4 Å². The van der Waals surface area contributed by atoms with Crippen LogP contribution in [0.3, 0.4) is 0 Å². The van der Waals surface area contributed by atoms with Crippen molar-refractivity contribution in [1.29, 1.82) is 0 Å².